The number of aromatic nitrogens is 2. The molecule has 2 aromatic heterocycles. The van der Waals surface area contributed by atoms with Gasteiger partial charge in [0.1, 0.15) is 10.8 Å². The number of rotatable bonds is 6. The number of carbonyl (C=O) groups excluding carboxylic acids is 1. The van der Waals surface area contributed by atoms with Crippen LogP contribution in [0.5, 0.6) is 0 Å². The van der Waals surface area contributed by atoms with Gasteiger partial charge in [-0.2, -0.15) is 0 Å². The largest absolute Gasteiger partial charge is 0.350 e. The Morgan fingerprint density at radius 2 is 2.12 bits per heavy atom. The van der Waals surface area contributed by atoms with Crippen LogP contribution in [-0.4, -0.2) is 15.3 Å². The maximum absolute atomic E-state index is 12.4. The average molecular weight is 348 g/mol. The van der Waals surface area contributed by atoms with Crippen LogP contribution in [0.4, 0.5) is 0 Å². The minimum absolute atomic E-state index is 0.170. The molecule has 0 aromatic carbocycles. The van der Waals surface area contributed by atoms with Gasteiger partial charge in [0.15, 0.2) is 0 Å². The molecule has 1 aliphatic carbocycles. The Hall–Kier alpha value is -1.55. The Balaban J connectivity index is 1.49. The Labute approximate surface area is 148 Å². The van der Waals surface area contributed by atoms with E-state index in [0.29, 0.717) is 11.7 Å². The number of halogens is 1. The van der Waals surface area contributed by atoms with Crippen molar-refractivity contribution in [2.45, 2.75) is 58.4 Å². The Morgan fingerprint density at radius 3 is 2.83 bits per heavy atom. The summed E-state index contributed by atoms with van der Waals surface area (Å²) in [6.07, 6.45) is 10.2. The zero-order chi connectivity index (χ0) is 16.9. The van der Waals surface area contributed by atoms with Crippen LogP contribution in [0, 0.1) is 11.8 Å². The third kappa shape index (κ3) is 4.10. The van der Waals surface area contributed by atoms with Gasteiger partial charge in [0.2, 0.25) is 5.91 Å². The van der Waals surface area contributed by atoms with E-state index in [9.17, 15) is 4.79 Å². The smallest absolute Gasteiger partial charge is 0.223 e. The molecule has 5 heteroatoms. The SMILES string of the molecule is CCCCC1CCC(C(=O)NCc2cn3c(Cl)cccc3n2)CC1. The van der Waals surface area contributed by atoms with E-state index in [0.717, 1.165) is 30.1 Å². The van der Waals surface area contributed by atoms with Crippen molar-refractivity contribution in [3.05, 3.63) is 35.2 Å². The van der Waals surface area contributed by atoms with E-state index in [-0.39, 0.29) is 11.8 Å². The van der Waals surface area contributed by atoms with Gasteiger partial charge < -0.3 is 5.32 Å². The minimum atomic E-state index is 0.170. The number of fused-ring (bicyclic) bond motifs is 1. The second-order valence-corrected chi connectivity index (χ2v) is 7.27. The van der Waals surface area contributed by atoms with E-state index < -0.39 is 0 Å². The van der Waals surface area contributed by atoms with Crippen LogP contribution in [0.3, 0.4) is 0 Å². The summed E-state index contributed by atoms with van der Waals surface area (Å²) in [4.78, 5) is 16.9. The number of nitrogens with one attached hydrogen (secondary N) is 1. The number of hydrogen-bond donors (Lipinski definition) is 1. The lowest BCUT2D eigenvalue weighted by Gasteiger charge is -2.27. The molecular formula is C19H26ClN3O. The molecule has 1 aliphatic rings. The molecule has 4 nitrogen and oxygen atoms in total. The van der Waals surface area contributed by atoms with E-state index in [4.69, 9.17) is 11.6 Å². The number of imidazole rings is 1. The van der Waals surface area contributed by atoms with Crippen LogP contribution in [-0.2, 0) is 11.3 Å². The summed E-state index contributed by atoms with van der Waals surface area (Å²) in [6, 6.07) is 5.62. The Morgan fingerprint density at radius 1 is 1.33 bits per heavy atom. The maximum atomic E-state index is 12.4. The molecule has 24 heavy (non-hydrogen) atoms. The molecule has 0 saturated heterocycles. The van der Waals surface area contributed by atoms with Gasteiger partial charge in [-0.25, -0.2) is 4.98 Å². The van der Waals surface area contributed by atoms with E-state index >= 15 is 0 Å². The molecule has 3 rings (SSSR count). The molecule has 1 saturated carbocycles. The summed E-state index contributed by atoms with van der Waals surface area (Å²) in [5.41, 5.74) is 1.65. The number of amides is 1. The van der Waals surface area contributed by atoms with Crippen molar-refractivity contribution < 1.29 is 4.79 Å². The molecule has 2 aromatic rings. The van der Waals surface area contributed by atoms with Crippen molar-refractivity contribution in [3.63, 3.8) is 0 Å². The number of nitrogens with zero attached hydrogens (tertiary/aromatic N) is 2. The molecule has 0 spiro atoms. The minimum Gasteiger partial charge on any atom is -0.350 e. The fourth-order valence-electron chi connectivity index (χ4n) is 3.64. The third-order valence-electron chi connectivity index (χ3n) is 5.12. The quantitative estimate of drug-likeness (QED) is 0.776. The first-order valence-corrected chi connectivity index (χ1v) is 9.45. The lowest BCUT2D eigenvalue weighted by Crippen LogP contribution is -2.32. The van der Waals surface area contributed by atoms with Gasteiger partial charge in [0, 0.05) is 12.1 Å². The zero-order valence-electron chi connectivity index (χ0n) is 14.3. The second-order valence-electron chi connectivity index (χ2n) is 6.89. The van der Waals surface area contributed by atoms with Gasteiger partial charge in [0.05, 0.1) is 12.2 Å². The van der Waals surface area contributed by atoms with Gasteiger partial charge in [0.25, 0.3) is 0 Å². The number of carbonyl (C=O) groups is 1. The third-order valence-corrected chi connectivity index (χ3v) is 5.43. The summed E-state index contributed by atoms with van der Waals surface area (Å²) in [7, 11) is 0. The average Bonchev–Trinajstić information content (AvgIpc) is 3.03. The first-order chi connectivity index (χ1) is 11.7. The van der Waals surface area contributed by atoms with Crippen molar-refractivity contribution in [2.24, 2.45) is 11.8 Å². The highest BCUT2D eigenvalue weighted by atomic mass is 35.5. The van der Waals surface area contributed by atoms with Crippen molar-refractivity contribution in [1.82, 2.24) is 14.7 Å². The van der Waals surface area contributed by atoms with Gasteiger partial charge in [-0.15, -0.1) is 0 Å². The summed E-state index contributed by atoms with van der Waals surface area (Å²) in [6.45, 7) is 2.71. The van der Waals surface area contributed by atoms with Crippen LogP contribution >= 0.6 is 11.6 Å². The standard InChI is InChI=1S/C19H26ClN3O/c1-2-3-5-14-8-10-15(11-9-14)19(24)21-12-16-13-23-17(20)6-4-7-18(23)22-16/h4,6-7,13-15H,2-3,5,8-12H2,1H3,(H,21,24). The van der Waals surface area contributed by atoms with Gasteiger partial charge in [-0.05, 0) is 43.7 Å². The molecule has 0 unspecified atom stereocenters. The van der Waals surface area contributed by atoms with Crippen molar-refractivity contribution in [3.8, 4) is 0 Å². The summed E-state index contributed by atoms with van der Waals surface area (Å²) in [5, 5.41) is 3.68. The fourth-order valence-corrected chi connectivity index (χ4v) is 3.85. The topological polar surface area (TPSA) is 46.4 Å². The highest BCUT2D eigenvalue weighted by Crippen LogP contribution is 2.32. The predicted octanol–water partition coefficient (Wildman–Crippen LogP) is 4.60. The van der Waals surface area contributed by atoms with Crippen LogP contribution in [0.15, 0.2) is 24.4 Å². The first kappa shape index (κ1) is 17.3. The molecule has 0 atom stereocenters. The summed E-state index contributed by atoms with van der Waals surface area (Å²) >= 11 is 6.14. The first-order valence-electron chi connectivity index (χ1n) is 9.07. The molecular weight excluding hydrogens is 322 g/mol. The van der Waals surface area contributed by atoms with Gasteiger partial charge >= 0.3 is 0 Å². The van der Waals surface area contributed by atoms with Crippen LogP contribution in [0.2, 0.25) is 5.15 Å². The van der Waals surface area contributed by atoms with Crippen molar-refractivity contribution in [2.75, 3.05) is 0 Å². The van der Waals surface area contributed by atoms with Crippen molar-refractivity contribution in [1.29, 1.82) is 0 Å². The predicted molar refractivity (Wildman–Crippen MR) is 97.0 cm³/mol. The molecule has 0 radical (unpaired) electrons. The summed E-state index contributed by atoms with van der Waals surface area (Å²) in [5.74, 6) is 1.17. The number of hydrogen-bond acceptors (Lipinski definition) is 2. The Bertz CT molecular complexity index is 689. The summed E-state index contributed by atoms with van der Waals surface area (Å²) < 4.78 is 1.84. The van der Waals surface area contributed by atoms with Crippen LogP contribution < -0.4 is 5.32 Å². The van der Waals surface area contributed by atoms with Crippen LogP contribution in [0.25, 0.3) is 5.65 Å². The van der Waals surface area contributed by atoms with E-state index in [1.54, 1.807) is 0 Å². The molecule has 0 aliphatic heterocycles. The zero-order valence-corrected chi connectivity index (χ0v) is 15.1. The lowest BCUT2D eigenvalue weighted by atomic mass is 9.79. The molecule has 1 amide bonds. The highest BCUT2D eigenvalue weighted by Gasteiger charge is 2.25. The lowest BCUT2D eigenvalue weighted by molar-refractivity contribution is -0.126. The van der Waals surface area contributed by atoms with E-state index in [1.807, 2.05) is 28.8 Å². The molecule has 2 heterocycles. The number of unbranched alkanes of at least 4 members (excludes halogenated alkanes) is 1. The second kappa shape index (κ2) is 8.02. The molecule has 0 bridgehead atoms. The van der Waals surface area contributed by atoms with Crippen LogP contribution in [0.1, 0.15) is 57.6 Å². The molecule has 1 N–H and O–H groups in total. The maximum Gasteiger partial charge on any atom is 0.223 e. The molecule has 1 fully saturated rings. The Kier molecular flexibility index (Phi) is 5.77. The molecule has 130 valence electrons. The fraction of sp³-hybridized carbons (Fsp3) is 0.579. The van der Waals surface area contributed by atoms with Gasteiger partial charge in [-0.3, -0.25) is 9.20 Å². The van der Waals surface area contributed by atoms with Gasteiger partial charge in [-0.1, -0.05) is 43.9 Å². The van der Waals surface area contributed by atoms with E-state index in [1.165, 1.54) is 32.1 Å². The number of pyridine rings is 1. The monoisotopic (exact) mass is 347 g/mol. The highest BCUT2D eigenvalue weighted by molar-refractivity contribution is 6.29. The van der Waals surface area contributed by atoms with E-state index in [2.05, 4.69) is 17.2 Å². The normalized spacial score (nSPS) is 21.1. The van der Waals surface area contributed by atoms with Crippen molar-refractivity contribution >= 4 is 23.2 Å².